The molecule has 1 aromatic heterocycles. The lowest BCUT2D eigenvalue weighted by molar-refractivity contribution is -0.137. The first-order chi connectivity index (χ1) is 14.3. The van der Waals surface area contributed by atoms with Crippen LogP contribution in [0.3, 0.4) is 0 Å². The number of fused-ring (bicyclic) bond motifs is 1. The summed E-state index contributed by atoms with van der Waals surface area (Å²) in [6, 6.07) is 21.3. The number of hydrogen-bond acceptors (Lipinski definition) is 1. The van der Waals surface area contributed by atoms with Gasteiger partial charge in [0.05, 0.1) is 23.1 Å². The molecule has 0 aliphatic carbocycles. The van der Waals surface area contributed by atoms with E-state index in [1.54, 1.807) is 0 Å². The smallest absolute Gasteiger partial charge is 0.310 e. The molecular formula is C24H22F3N3. The highest BCUT2D eigenvalue weighted by atomic mass is 19.4. The minimum atomic E-state index is -4.35. The normalized spacial score (nSPS) is 11.9. The number of nitrogens with zero attached hydrogens (tertiary/aromatic N) is 2. The summed E-state index contributed by atoms with van der Waals surface area (Å²) in [5, 5.41) is 8.71. The first-order valence-electron chi connectivity index (χ1n) is 9.77. The Morgan fingerprint density at radius 1 is 0.767 bits per heavy atom. The lowest BCUT2D eigenvalue weighted by atomic mass is 10.1. The molecule has 0 saturated carbocycles. The number of para-hydroxylation sites is 2. The first-order valence-corrected chi connectivity index (χ1v) is 9.77. The van der Waals surface area contributed by atoms with Gasteiger partial charge >= 0.3 is 6.18 Å². The van der Waals surface area contributed by atoms with Crippen LogP contribution in [0.4, 0.5) is 13.2 Å². The zero-order chi connectivity index (χ0) is 21.3. The van der Waals surface area contributed by atoms with Crippen molar-refractivity contribution in [2.24, 2.45) is 0 Å². The average Bonchev–Trinajstić information content (AvgIpc) is 2.99. The molecule has 0 atom stereocenters. The van der Waals surface area contributed by atoms with Gasteiger partial charge in [-0.2, -0.15) is 13.2 Å². The minimum absolute atomic E-state index is 0.336. The monoisotopic (exact) mass is 409 g/mol. The predicted molar refractivity (Wildman–Crippen MR) is 111 cm³/mol. The molecule has 0 unspecified atom stereocenters. The molecule has 1 heterocycles. The number of aryl methyl sites for hydroxylation is 3. The van der Waals surface area contributed by atoms with E-state index in [4.69, 9.17) is 5.41 Å². The van der Waals surface area contributed by atoms with Gasteiger partial charge < -0.3 is 9.13 Å². The molecule has 3 aromatic carbocycles. The number of nitrogens with one attached hydrogen (secondary N) is 1. The van der Waals surface area contributed by atoms with Crippen LogP contribution < -0.4 is 5.62 Å². The second kappa shape index (κ2) is 7.86. The molecule has 0 saturated heterocycles. The SMILES string of the molecule is Cc1ccc(CCn2c(=N)n(Cc3ccc(C(F)(F)F)cc3)c3ccccc32)cc1. The van der Waals surface area contributed by atoms with Gasteiger partial charge in [0.25, 0.3) is 0 Å². The maximum atomic E-state index is 12.8. The molecule has 0 bridgehead atoms. The van der Waals surface area contributed by atoms with Crippen molar-refractivity contribution in [3.63, 3.8) is 0 Å². The van der Waals surface area contributed by atoms with Gasteiger partial charge in [-0.3, -0.25) is 5.41 Å². The van der Waals surface area contributed by atoms with E-state index in [1.807, 2.05) is 33.4 Å². The van der Waals surface area contributed by atoms with Gasteiger partial charge in [-0.1, -0.05) is 54.1 Å². The van der Waals surface area contributed by atoms with Crippen molar-refractivity contribution in [1.29, 1.82) is 5.41 Å². The van der Waals surface area contributed by atoms with Gasteiger partial charge in [0.15, 0.2) is 0 Å². The van der Waals surface area contributed by atoms with E-state index in [0.717, 1.165) is 35.2 Å². The molecule has 0 amide bonds. The van der Waals surface area contributed by atoms with Crippen molar-refractivity contribution in [3.05, 3.63) is 101 Å². The molecule has 0 aliphatic heterocycles. The van der Waals surface area contributed by atoms with Crippen molar-refractivity contribution < 1.29 is 13.2 Å². The molecule has 0 fully saturated rings. The summed E-state index contributed by atoms with van der Waals surface area (Å²) in [6.07, 6.45) is -3.55. The van der Waals surface area contributed by atoms with Crippen LogP contribution in [-0.4, -0.2) is 9.13 Å². The maximum absolute atomic E-state index is 12.8. The van der Waals surface area contributed by atoms with E-state index in [2.05, 4.69) is 31.2 Å². The van der Waals surface area contributed by atoms with Crippen LogP contribution in [0, 0.1) is 12.3 Å². The van der Waals surface area contributed by atoms with Gasteiger partial charge in [-0.15, -0.1) is 0 Å². The van der Waals surface area contributed by atoms with Gasteiger partial charge in [-0.25, -0.2) is 0 Å². The van der Waals surface area contributed by atoms with Crippen LogP contribution in [0.5, 0.6) is 0 Å². The Bertz CT molecular complexity index is 1210. The zero-order valence-corrected chi connectivity index (χ0v) is 16.6. The second-order valence-corrected chi connectivity index (χ2v) is 7.48. The summed E-state index contributed by atoms with van der Waals surface area (Å²) in [4.78, 5) is 0. The number of aromatic nitrogens is 2. The first kappa shape index (κ1) is 20.0. The highest BCUT2D eigenvalue weighted by molar-refractivity contribution is 5.76. The molecule has 154 valence electrons. The van der Waals surface area contributed by atoms with Crippen molar-refractivity contribution >= 4 is 11.0 Å². The summed E-state index contributed by atoms with van der Waals surface area (Å²) in [5.41, 5.74) is 4.65. The Balaban J connectivity index is 1.65. The fraction of sp³-hybridized carbons (Fsp3) is 0.208. The largest absolute Gasteiger partial charge is 0.416 e. The Morgan fingerprint density at radius 2 is 1.33 bits per heavy atom. The quantitative estimate of drug-likeness (QED) is 0.449. The number of benzene rings is 3. The Morgan fingerprint density at radius 3 is 1.93 bits per heavy atom. The predicted octanol–water partition coefficient (Wildman–Crippen LogP) is 5.54. The van der Waals surface area contributed by atoms with Crippen molar-refractivity contribution in [1.82, 2.24) is 9.13 Å². The fourth-order valence-electron chi connectivity index (χ4n) is 3.66. The van der Waals surface area contributed by atoms with Crippen LogP contribution in [0.2, 0.25) is 0 Å². The lowest BCUT2D eigenvalue weighted by Crippen LogP contribution is -2.25. The topological polar surface area (TPSA) is 33.7 Å². The van der Waals surface area contributed by atoms with Gasteiger partial charge in [0.2, 0.25) is 5.62 Å². The van der Waals surface area contributed by atoms with Crippen molar-refractivity contribution in [2.75, 3.05) is 0 Å². The van der Waals surface area contributed by atoms with Crippen LogP contribution in [0.15, 0.2) is 72.8 Å². The van der Waals surface area contributed by atoms with Crippen molar-refractivity contribution in [2.45, 2.75) is 32.6 Å². The molecule has 0 aliphatic rings. The Labute approximate surface area is 172 Å². The molecule has 4 aromatic rings. The number of halogens is 3. The molecular weight excluding hydrogens is 387 g/mol. The van der Waals surface area contributed by atoms with E-state index >= 15 is 0 Å². The van der Waals surface area contributed by atoms with Gasteiger partial charge in [0.1, 0.15) is 0 Å². The maximum Gasteiger partial charge on any atom is 0.416 e. The molecule has 30 heavy (non-hydrogen) atoms. The van der Waals surface area contributed by atoms with Crippen LogP contribution in [0.1, 0.15) is 22.3 Å². The van der Waals surface area contributed by atoms with E-state index in [0.29, 0.717) is 18.7 Å². The third-order valence-corrected chi connectivity index (χ3v) is 5.34. The van der Waals surface area contributed by atoms with Crippen molar-refractivity contribution in [3.8, 4) is 0 Å². The molecule has 3 nitrogen and oxygen atoms in total. The van der Waals surface area contributed by atoms with Crippen LogP contribution in [-0.2, 0) is 25.7 Å². The summed E-state index contributed by atoms with van der Waals surface area (Å²) < 4.78 is 42.3. The number of hydrogen-bond donors (Lipinski definition) is 1. The van der Waals surface area contributed by atoms with E-state index in [1.165, 1.54) is 23.3 Å². The average molecular weight is 409 g/mol. The zero-order valence-electron chi connectivity index (χ0n) is 16.6. The third kappa shape index (κ3) is 4.03. The summed E-state index contributed by atoms with van der Waals surface area (Å²) in [6.45, 7) is 3.05. The lowest BCUT2D eigenvalue weighted by Gasteiger charge is -2.09. The third-order valence-electron chi connectivity index (χ3n) is 5.34. The molecule has 1 N–H and O–H groups in total. The molecule has 6 heteroatoms. The van der Waals surface area contributed by atoms with Gasteiger partial charge in [-0.05, 0) is 48.7 Å². The fourth-order valence-corrected chi connectivity index (χ4v) is 3.66. The van der Waals surface area contributed by atoms with Gasteiger partial charge in [0, 0.05) is 6.54 Å². The minimum Gasteiger partial charge on any atom is -0.310 e. The Hall–Kier alpha value is -3.28. The standard InChI is InChI=1S/C24H22F3N3/c1-17-6-8-18(9-7-17)14-15-29-21-4-2-3-5-22(21)30(23(29)28)16-19-10-12-20(13-11-19)24(25,26)27/h2-13,28H,14-16H2,1H3. The van der Waals surface area contributed by atoms with E-state index in [-0.39, 0.29) is 0 Å². The highest BCUT2D eigenvalue weighted by Gasteiger charge is 2.29. The van der Waals surface area contributed by atoms with Crippen LogP contribution in [0.25, 0.3) is 11.0 Å². The van der Waals surface area contributed by atoms with E-state index < -0.39 is 11.7 Å². The number of imidazole rings is 1. The van der Waals surface area contributed by atoms with Crippen LogP contribution >= 0.6 is 0 Å². The van der Waals surface area contributed by atoms with E-state index in [9.17, 15) is 13.2 Å². The summed E-state index contributed by atoms with van der Waals surface area (Å²) in [5.74, 6) is 0. The molecule has 0 radical (unpaired) electrons. The highest BCUT2D eigenvalue weighted by Crippen LogP contribution is 2.29. The number of alkyl halides is 3. The summed E-state index contributed by atoms with van der Waals surface area (Å²) >= 11 is 0. The molecule has 4 rings (SSSR count). The second-order valence-electron chi connectivity index (χ2n) is 7.48. The number of rotatable bonds is 5. The molecule has 0 spiro atoms. The Kier molecular flexibility index (Phi) is 5.24. The summed E-state index contributed by atoms with van der Waals surface area (Å²) in [7, 11) is 0.